The predicted molar refractivity (Wildman–Crippen MR) is 88.3 cm³/mol. The minimum absolute atomic E-state index is 0.867. The third-order valence-electron chi connectivity index (χ3n) is 3.36. The van der Waals surface area contributed by atoms with Crippen molar-refractivity contribution in [2.24, 2.45) is 17.8 Å². The normalized spacial score (nSPS) is 19.8. The van der Waals surface area contributed by atoms with Gasteiger partial charge in [-0.15, -0.1) is 0 Å². The summed E-state index contributed by atoms with van der Waals surface area (Å²) in [6.45, 7) is 21.7. The molecule has 1 heterocycles. The fraction of sp³-hybridized carbons (Fsp3) is 1.00. The van der Waals surface area contributed by atoms with Crippen LogP contribution in [-0.2, 0) is 0 Å². The quantitative estimate of drug-likeness (QED) is 0.628. The summed E-state index contributed by atoms with van der Waals surface area (Å²) in [5.41, 5.74) is 0. The summed E-state index contributed by atoms with van der Waals surface area (Å²) in [5, 5.41) is 0. The largest absolute Gasteiger partial charge is 0.306 e. The van der Waals surface area contributed by atoms with Crippen molar-refractivity contribution in [2.45, 2.75) is 75.2 Å². The summed E-state index contributed by atoms with van der Waals surface area (Å²) < 4.78 is 0. The van der Waals surface area contributed by atoms with Gasteiger partial charge in [0.2, 0.25) is 0 Å². The Kier molecular flexibility index (Phi) is 21.7. The van der Waals surface area contributed by atoms with Crippen LogP contribution in [0.3, 0.4) is 0 Å². The van der Waals surface area contributed by atoms with E-state index in [9.17, 15) is 0 Å². The van der Waals surface area contributed by atoms with Crippen LogP contribution in [0.2, 0.25) is 0 Å². The second-order valence-electron chi connectivity index (χ2n) is 4.63. The first-order chi connectivity index (χ1) is 8.65. The highest BCUT2D eigenvalue weighted by atomic mass is 15.1. The van der Waals surface area contributed by atoms with Gasteiger partial charge in [0.1, 0.15) is 0 Å². The van der Waals surface area contributed by atoms with Gasteiger partial charge < -0.3 is 4.90 Å². The van der Waals surface area contributed by atoms with Crippen molar-refractivity contribution in [3.05, 3.63) is 0 Å². The molecule has 0 aromatic carbocycles. The van der Waals surface area contributed by atoms with Crippen LogP contribution < -0.4 is 0 Å². The molecule has 0 spiro atoms. The SMILES string of the molecule is CC.CC.CC.CCC(C(C)C)C1CCN(C)C1. The van der Waals surface area contributed by atoms with E-state index in [-0.39, 0.29) is 0 Å². The summed E-state index contributed by atoms with van der Waals surface area (Å²) in [6.07, 6.45) is 2.78. The van der Waals surface area contributed by atoms with E-state index in [1.165, 1.54) is 25.9 Å². The maximum absolute atomic E-state index is 2.47. The lowest BCUT2D eigenvalue weighted by molar-refractivity contribution is 0.245. The standard InChI is InChI=1S/C11H23N.3C2H6/c1-5-11(9(2)3)10-6-7-12(4)8-10;3*1-2/h9-11H,5-8H2,1-4H3;3*1-2H3. The van der Waals surface area contributed by atoms with Gasteiger partial charge in [0.25, 0.3) is 0 Å². The molecule has 0 bridgehead atoms. The van der Waals surface area contributed by atoms with Gasteiger partial charge in [-0.25, -0.2) is 0 Å². The van der Waals surface area contributed by atoms with Gasteiger partial charge in [0.05, 0.1) is 0 Å². The molecule has 1 aliphatic heterocycles. The molecule has 1 nitrogen and oxygen atoms in total. The van der Waals surface area contributed by atoms with Gasteiger partial charge in [-0.05, 0) is 37.8 Å². The van der Waals surface area contributed by atoms with Crippen LogP contribution in [0.4, 0.5) is 0 Å². The van der Waals surface area contributed by atoms with Crippen LogP contribution >= 0.6 is 0 Å². The lowest BCUT2D eigenvalue weighted by atomic mass is 9.81. The highest BCUT2D eigenvalue weighted by molar-refractivity contribution is 4.80. The summed E-state index contributed by atoms with van der Waals surface area (Å²) in [6, 6.07) is 0. The van der Waals surface area contributed by atoms with E-state index < -0.39 is 0 Å². The third kappa shape index (κ3) is 9.94. The van der Waals surface area contributed by atoms with E-state index in [0.29, 0.717) is 0 Å². The molecule has 1 rings (SSSR count). The lowest BCUT2D eigenvalue weighted by Gasteiger charge is -2.25. The van der Waals surface area contributed by atoms with Crippen molar-refractivity contribution >= 4 is 0 Å². The molecule has 0 amide bonds. The summed E-state index contributed by atoms with van der Waals surface area (Å²) in [4.78, 5) is 2.47. The second kappa shape index (κ2) is 17.0. The Morgan fingerprint density at radius 3 is 1.67 bits per heavy atom. The van der Waals surface area contributed by atoms with E-state index in [4.69, 9.17) is 0 Å². The van der Waals surface area contributed by atoms with Crippen molar-refractivity contribution in [1.29, 1.82) is 0 Å². The zero-order valence-corrected chi connectivity index (χ0v) is 15.0. The molecule has 0 N–H and O–H groups in total. The van der Waals surface area contributed by atoms with Crippen LogP contribution in [0.25, 0.3) is 0 Å². The molecule has 0 aromatic heterocycles. The molecule has 1 heteroatoms. The van der Waals surface area contributed by atoms with Crippen LogP contribution in [0.1, 0.15) is 75.2 Å². The van der Waals surface area contributed by atoms with E-state index in [1.54, 1.807) is 0 Å². The number of rotatable bonds is 3. The molecule has 0 radical (unpaired) electrons. The van der Waals surface area contributed by atoms with Gasteiger partial charge >= 0.3 is 0 Å². The average molecular weight is 260 g/mol. The lowest BCUT2D eigenvalue weighted by Crippen LogP contribution is -2.22. The van der Waals surface area contributed by atoms with E-state index in [0.717, 1.165) is 17.8 Å². The predicted octanol–water partition coefficient (Wildman–Crippen LogP) is 5.70. The first-order valence-corrected chi connectivity index (χ1v) is 8.33. The second-order valence-corrected chi connectivity index (χ2v) is 4.63. The maximum Gasteiger partial charge on any atom is 0.000983 e. The molecule has 0 aliphatic carbocycles. The zero-order valence-electron chi connectivity index (χ0n) is 15.0. The molecular weight excluding hydrogens is 218 g/mol. The van der Waals surface area contributed by atoms with Crippen LogP contribution in [0.15, 0.2) is 0 Å². The van der Waals surface area contributed by atoms with E-state index in [2.05, 4.69) is 32.7 Å². The average Bonchev–Trinajstić information content (AvgIpc) is 2.83. The van der Waals surface area contributed by atoms with Gasteiger partial charge in [-0.3, -0.25) is 0 Å². The smallest absolute Gasteiger partial charge is 0.000983 e. The minimum Gasteiger partial charge on any atom is -0.306 e. The van der Waals surface area contributed by atoms with Crippen LogP contribution in [0.5, 0.6) is 0 Å². The topological polar surface area (TPSA) is 3.24 Å². The maximum atomic E-state index is 2.47. The number of hydrogen-bond donors (Lipinski definition) is 0. The number of likely N-dealkylation sites (tertiary alicyclic amines) is 1. The Bertz CT molecular complexity index is 132. The molecule has 1 fully saturated rings. The minimum atomic E-state index is 0.867. The summed E-state index contributed by atoms with van der Waals surface area (Å²) >= 11 is 0. The van der Waals surface area contributed by atoms with Crippen molar-refractivity contribution < 1.29 is 0 Å². The van der Waals surface area contributed by atoms with Crippen molar-refractivity contribution in [3.63, 3.8) is 0 Å². The van der Waals surface area contributed by atoms with Crippen LogP contribution in [0, 0.1) is 17.8 Å². The Hall–Kier alpha value is -0.0400. The molecule has 1 aliphatic rings. The monoisotopic (exact) mass is 259 g/mol. The van der Waals surface area contributed by atoms with Crippen molar-refractivity contribution in [1.82, 2.24) is 4.90 Å². The van der Waals surface area contributed by atoms with Crippen molar-refractivity contribution in [3.8, 4) is 0 Å². The molecule has 1 saturated heterocycles. The highest BCUT2D eigenvalue weighted by Gasteiger charge is 2.28. The van der Waals surface area contributed by atoms with Gasteiger partial charge in [0, 0.05) is 6.54 Å². The van der Waals surface area contributed by atoms with Crippen LogP contribution in [-0.4, -0.2) is 25.0 Å². The van der Waals surface area contributed by atoms with Crippen molar-refractivity contribution in [2.75, 3.05) is 20.1 Å². The third-order valence-corrected chi connectivity index (χ3v) is 3.36. The zero-order chi connectivity index (χ0) is 15.1. The fourth-order valence-electron chi connectivity index (χ4n) is 2.67. The number of nitrogens with zero attached hydrogens (tertiary/aromatic N) is 1. The highest BCUT2D eigenvalue weighted by Crippen LogP contribution is 2.30. The summed E-state index contributed by atoms with van der Waals surface area (Å²) in [7, 11) is 2.24. The Balaban J connectivity index is -0.000000328. The molecule has 0 aromatic rings. The van der Waals surface area contributed by atoms with E-state index >= 15 is 0 Å². The number of hydrogen-bond acceptors (Lipinski definition) is 1. The molecule has 2 unspecified atom stereocenters. The molecule has 114 valence electrons. The molecule has 2 atom stereocenters. The summed E-state index contributed by atoms with van der Waals surface area (Å²) in [5.74, 6) is 2.79. The Morgan fingerprint density at radius 1 is 1.00 bits per heavy atom. The first kappa shape index (κ1) is 23.1. The Morgan fingerprint density at radius 2 is 1.44 bits per heavy atom. The van der Waals surface area contributed by atoms with Gasteiger partial charge in [-0.1, -0.05) is 68.7 Å². The van der Waals surface area contributed by atoms with Gasteiger partial charge in [0.15, 0.2) is 0 Å². The molecule has 18 heavy (non-hydrogen) atoms. The Labute approximate surface area is 118 Å². The fourth-order valence-corrected chi connectivity index (χ4v) is 2.67. The molecule has 0 saturated carbocycles. The van der Waals surface area contributed by atoms with E-state index in [1.807, 2.05) is 41.5 Å². The first-order valence-electron chi connectivity index (χ1n) is 8.33. The van der Waals surface area contributed by atoms with Gasteiger partial charge in [-0.2, -0.15) is 0 Å². The molecular formula is C17H41N.